The lowest BCUT2D eigenvalue weighted by molar-refractivity contribution is -0.137. The van der Waals surface area contributed by atoms with Gasteiger partial charge in [-0.1, -0.05) is 61.5 Å². The SMILES string of the molecule is CCC(CN(CC)Cc1nc(-c2ccc(C(F)(F)F)cc2)no1)C(=O)c1ccccc1. The molecule has 1 heterocycles. The molecular formula is C23H24F3N3O2. The van der Waals surface area contributed by atoms with Crippen molar-refractivity contribution in [3.63, 3.8) is 0 Å². The molecule has 0 N–H and O–H groups in total. The van der Waals surface area contributed by atoms with Gasteiger partial charge >= 0.3 is 6.18 Å². The van der Waals surface area contributed by atoms with E-state index >= 15 is 0 Å². The van der Waals surface area contributed by atoms with Crippen LogP contribution in [0.1, 0.15) is 42.1 Å². The van der Waals surface area contributed by atoms with Crippen LogP contribution in [0.5, 0.6) is 0 Å². The first-order chi connectivity index (χ1) is 14.8. The van der Waals surface area contributed by atoms with Crippen molar-refractivity contribution in [2.75, 3.05) is 13.1 Å². The van der Waals surface area contributed by atoms with Crippen LogP contribution >= 0.6 is 0 Å². The summed E-state index contributed by atoms with van der Waals surface area (Å²) in [6.45, 7) is 5.53. The molecule has 0 aliphatic heterocycles. The molecule has 3 aromatic rings. The van der Waals surface area contributed by atoms with Gasteiger partial charge in [-0.05, 0) is 25.1 Å². The first-order valence-corrected chi connectivity index (χ1v) is 10.1. The van der Waals surface area contributed by atoms with E-state index in [1.165, 1.54) is 12.1 Å². The molecule has 0 spiro atoms. The van der Waals surface area contributed by atoms with Gasteiger partial charge in [-0.25, -0.2) is 0 Å². The Morgan fingerprint density at radius 1 is 1.06 bits per heavy atom. The highest BCUT2D eigenvalue weighted by Gasteiger charge is 2.30. The number of nitrogens with zero attached hydrogens (tertiary/aromatic N) is 3. The van der Waals surface area contributed by atoms with Crippen LogP contribution < -0.4 is 0 Å². The third-order valence-electron chi connectivity index (χ3n) is 5.15. The minimum absolute atomic E-state index is 0.0949. The largest absolute Gasteiger partial charge is 0.416 e. The summed E-state index contributed by atoms with van der Waals surface area (Å²) >= 11 is 0. The minimum Gasteiger partial charge on any atom is -0.338 e. The molecule has 1 atom stereocenters. The van der Waals surface area contributed by atoms with Crippen molar-refractivity contribution < 1.29 is 22.5 Å². The molecular weight excluding hydrogens is 407 g/mol. The summed E-state index contributed by atoms with van der Waals surface area (Å²) in [7, 11) is 0. The van der Waals surface area contributed by atoms with Crippen LogP contribution in [-0.4, -0.2) is 33.9 Å². The molecule has 0 radical (unpaired) electrons. The van der Waals surface area contributed by atoms with Crippen molar-refractivity contribution in [3.05, 3.63) is 71.6 Å². The second kappa shape index (κ2) is 9.87. The van der Waals surface area contributed by atoms with Gasteiger partial charge in [0.1, 0.15) is 0 Å². The van der Waals surface area contributed by atoms with Crippen LogP contribution in [0.4, 0.5) is 13.2 Å². The highest BCUT2D eigenvalue weighted by Crippen LogP contribution is 2.30. The Balaban J connectivity index is 1.67. The van der Waals surface area contributed by atoms with E-state index in [0.717, 1.165) is 12.1 Å². The minimum atomic E-state index is -4.39. The molecule has 0 saturated carbocycles. The summed E-state index contributed by atoms with van der Waals surface area (Å²) in [5.74, 6) is 0.503. The number of ketones is 1. The lowest BCUT2D eigenvalue weighted by atomic mass is 9.94. The summed E-state index contributed by atoms with van der Waals surface area (Å²) in [6, 6.07) is 13.8. The van der Waals surface area contributed by atoms with Crippen molar-refractivity contribution >= 4 is 5.78 Å². The lowest BCUT2D eigenvalue weighted by Gasteiger charge is -2.23. The monoisotopic (exact) mass is 431 g/mol. The Labute approximate surface area is 178 Å². The quantitative estimate of drug-likeness (QED) is 0.420. The van der Waals surface area contributed by atoms with Crippen molar-refractivity contribution in [2.45, 2.75) is 33.0 Å². The average molecular weight is 431 g/mol. The normalized spacial score (nSPS) is 12.8. The van der Waals surface area contributed by atoms with Gasteiger partial charge in [-0.2, -0.15) is 18.2 Å². The summed E-state index contributed by atoms with van der Waals surface area (Å²) in [5, 5.41) is 3.89. The van der Waals surface area contributed by atoms with Crippen LogP contribution in [0.15, 0.2) is 59.1 Å². The van der Waals surface area contributed by atoms with Crippen LogP contribution in [-0.2, 0) is 12.7 Å². The Morgan fingerprint density at radius 3 is 2.32 bits per heavy atom. The molecule has 8 heteroatoms. The number of benzene rings is 2. The van der Waals surface area contributed by atoms with E-state index < -0.39 is 11.7 Å². The molecule has 0 aliphatic carbocycles. The molecule has 0 bridgehead atoms. The summed E-state index contributed by atoms with van der Waals surface area (Å²) in [5.41, 5.74) is 0.398. The number of hydrogen-bond donors (Lipinski definition) is 0. The fourth-order valence-corrected chi connectivity index (χ4v) is 3.29. The predicted octanol–water partition coefficient (Wildman–Crippen LogP) is 5.49. The smallest absolute Gasteiger partial charge is 0.338 e. The highest BCUT2D eigenvalue weighted by atomic mass is 19.4. The number of alkyl halides is 3. The van der Waals surface area contributed by atoms with Crippen LogP contribution in [0.25, 0.3) is 11.4 Å². The molecule has 164 valence electrons. The molecule has 0 saturated heterocycles. The van der Waals surface area contributed by atoms with E-state index in [2.05, 4.69) is 10.1 Å². The second-order valence-electron chi connectivity index (χ2n) is 7.25. The predicted molar refractivity (Wildman–Crippen MR) is 110 cm³/mol. The number of Topliss-reactive ketones (excluding diaryl/α,β-unsaturated/α-hetero) is 1. The maximum Gasteiger partial charge on any atom is 0.416 e. The molecule has 0 aliphatic rings. The van der Waals surface area contributed by atoms with Crippen LogP contribution in [0.2, 0.25) is 0 Å². The lowest BCUT2D eigenvalue weighted by Crippen LogP contribution is -2.32. The van der Waals surface area contributed by atoms with Crippen molar-refractivity contribution in [1.82, 2.24) is 15.0 Å². The highest BCUT2D eigenvalue weighted by molar-refractivity contribution is 5.97. The van der Waals surface area contributed by atoms with Crippen molar-refractivity contribution in [2.24, 2.45) is 5.92 Å². The fourth-order valence-electron chi connectivity index (χ4n) is 3.29. The maximum atomic E-state index is 12.8. The Bertz CT molecular complexity index is 985. The zero-order chi connectivity index (χ0) is 22.4. The Morgan fingerprint density at radius 2 is 1.74 bits per heavy atom. The zero-order valence-corrected chi connectivity index (χ0v) is 17.4. The first kappa shape index (κ1) is 22.7. The van der Waals surface area contributed by atoms with E-state index in [4.69, 9.17) is 4.52 Å². The molecule has 0 fully saturated rings. The molecule has 2 aromatic carbocycles. The molecule has 3 rings (SSSR count). The summed E-state index contributed by atoms with van der Waals surface area (Å²) < 4.78 is 43.5. The van der Waals surface area contributed by atoms with Gasteiger partial charge < -0.3 is 4.52 Å². The number of aromatic nitrogens is 2. The molecule has 1 aromatic heterocycles. The van der Waals surface area contributed by atoms with E-state index in [9.17, 15) is 18.0 Å². The fraction of sp³-hybridized carbons (Fsp3) is 0.348. The zero-order valence-electron chi connectivity index (χ0n) is 17.4. The summed E-state index contributed by atoms with van der Waals surface area (Å²) in [6.07, 6.45) is -3.69. The number of halogens is 3. The standard InChI is InChI=1S/C23H24F3N3O2/c1-3-16(21(30)17-8-6-5-7-9-17)14-29(4-2)15-20-27-22(28-31-20)18-10-12-19(13-11-18)23(24,25)26/h5-13,16H,3-4,14-15H2,1-2H3. The molecule has 5 nitrogen and oxygen atoms in total. The van der Waals surface area contributed by atoms with Crippen molar-refractivity contribution in [1.29, 1.82) is 0 Å². The van der Waals surface area contributed by atoms with E-state index in [1.54, 1.807) is 0 Å². The van der Waals surface area contributed by atoms with Gasteiger partial charge in [0.2, 0.25) is 11.7 Å². The summed E-state index contributed by atoms with van der Waals surface area (Å²) in [4.78, 5) is 19.2. The van der Waals surface area contributed by atoms with E-state index in [-0.39, 0.29) is 17.5 Å². The van der Waals surface area contributed by atoms with E-state index in [1.807, 2.05) is 49.1 Å². The maximum absolute atomic E-state index is 12.8. The number of carbonyl (C=O) groups is 1. The average Bonchev–Trinajstić information content (AvgIpc) is 3.24. The van der Waals surface area contributed by atoms with Gasteiger partial charge in [0.05, 0.1) is 12.1 Å². The Hall–Kier alpha value is -3.00. The van der Waals surface area contributed by atoms with Crippen molar-refractivity contribution in [3.8, 4) is 11.4 Å². The number of carbonyl (C=O) groups excluding carboxylic acids is 1. The number of hydrogen-bond acceptors (Lipinski definition) is 5. The van der Waals surface area contributed by atoms with Gasteiger partial charge in [0.15, 0.2) is 5.78 Å². The third kappa shape index (κ3) is 5.79. The number of rotatable bonds is 9. The first-order valence-electron chi connectivity index (χ1n) is 10.1. The topological polar surface area (TPSA) is 59.2 Å². The van der Waals surface area contributed by atoms with Gasteiger partial charge in [-0.15, -0.1) is 0 Å². The van der Waals surface area contributed by atoms with Crippen LogP contribution in [0.3, 0.4) is 0 Å². The molecule has 31 heavy (non-hydrogen) atoms. The van der Waals surface area contributed by atoms with E-state index in [0.29, 0.717) is 43.1 Å². The second-order valence-corrected chi connectivity index (χ2v) is 7.25. The van der Waals surface area contributed by atoms with Gasteiger partial charge in [0, 0.05) is 23.6 Å². The van der Waals surface area contributed by atoms with Gasteiger partial charge in [-0.3, -0.25) is 9.69 Å². The third-order valence-corrected chi connectivity index (χ3v) is 5.15. The molecule has 0 amide bonds. The molecule has 1 unspecified atom stereocenters. The van der Waals surface area contributed by atoms with Gasteiger partial charge in [0.25, 0.3) is 0 Å². The Kier molecular flexibility index (Phi) is 7.22. The van der Waals surface area contributed by atoms with Crippen LogP contribution in [0, 0.1) is 5.92 Å².